The molecule has 1 aromatic heterocycles. The molecular weight excluding hydrogens is 354 g/mol. The lowest BCUT2D eigenvalue weighted by Crippen LogP contribution is -2.37. The van der Waals surface area contributed by atoms with E-state index in [0.29, 0.717) is 24.3 Å². The average molecular weight is 383 g/mol. The molecule has 2 heterocycles. The van der Waals surface area contributed by atoms with Crippen LogP contribution in [0.25, 0.3) is 5.69 Å². The maximum Gasteiger partial charge on any atom is 0.305 e. The smallest absolute Gasteiger partial charge is 0.305 e. The number of methoxy groups -OCH3 is 1. The van der Waals surface area contributed by atoms with Crippen molar-refractivity contribution in [2.45, 2.75) is 46.5 Å². The Labute approximate surface area is 166 Å². The zero-order valence-electron chi connectivity index (χ0n) is 17.2. The third-order valence-corrected chi connectivity index (χ3v) is 5.68. The number of carbonyl (C=O) groups excluding carboxylic acids is 2. The van der Waals surface area contributed by atoms with Gasteiger partial charge in [0, 0.05) is 30.8 Å². The van der Waals surface area contributed by atoms with Gasteiger partial charge in [-0.25, -0.2) is 4.68 Å². The van der Waals surface area contributed by atoms with Gasteiger partial charge in [-0.05, 0) is 68.9 Å². The maximum absolute atomic E-state index is 12.7. The number of aryl methyl sites for hydroxylation is 1. The van der Waals surface area contributed by atoms with Crippen LogP contribution < -0.4 is 0 Å². The van der Waals surface area contributed by atoms with Crippen LogP contribution >= 0.6 is 0 Å². The number of carbonyl (C=O) groups is 2. The Bertz CT molecular complexity index is 847. The highest BCUT2D eigenvalue weighted by molar-refractivity contribution is 5.94. The molecule has 3 rings (SSSR count). The van der Waals surface area contributed by atoms with Crippen LogP contribution in [0.15, 0.2) is 24.3 Å². The predicted octanol–water partition coefficient (Wildman–Crippen LogP) is 3.47. The molecule has 0 N–H and O–H groups in total. The number of likely N-dealkylation sites (tertiary alicyclic amines) is 1. The highest BCUT2D eigenvalue weighted by Gasteiger charge is 2.21. The Hall–Kier alpha value is -2.63. The number of esters is 1. The number of rotatable bonds is 5. The van der Waals surface area contributed by atoms with Gasteiger partial charge in [-0.3, -0.25) is 9.59 Å². The molecule has 1 aliphatic heterocycles. The fraction of sp³-hybridized carbons (Fsp3) is 0.500. The van der Waals surface area contributed by atoms with Crippen molar-refractivity contribution < 1.29 is 14.3 Å². The van der Waals surface area contributed by atoms with Crippen molar-refractivity contribution in [1.29, 1.82) is 0 Å². The molecule has 1 saturated heterocycles. The minimum atomic E-state index is -0.221. The van der Waals surface area contributed by atoms with E-state index in [0.717, 1.165) is 48.6 Å². The molecule has 0 bridgehead atoms. The lowest BCUT2D eigenvalue weighted by molar-refractivity contribution is -0.140. The summed E-state index contributed by atoms with van der Waals surface area (Å²) in [4.78, 5) is 26.1. The first kappa shape index (κ1) is 20.1. The molecule has 1 amide bonds. The van der Waals surface area contributed by atoms with Crippen LogP contribution in [0.1, 0.15) is 53.5 Å². The minimum absolute atomic E-state index is 0.102. The molecule has 0 atom stereocenters. The largest absolute Gasteiger partial charge is 0.469 e. The highest BCUT2D eigenvalue weighted by atomic mass is 16.5. The zero-order chi connectivity index (χ0) is 20.3. The number of benzene rings is 1. The average Bonchev–Trinajstić information content (AvgIpc) is 3.00. The molecule has 0 spiro atoms. The number of piperidine rings is 1. The number of nitrogens with zero attached hydrogens (tertiary/aromatic N) is 3. The zero-order valence-corrected chi connectivity index (χ0v) is 17.2. The number of hydrogen-bond donors (Lipinski definition) is 0. The van der Waals surface area contributed by atoms with Crippen LogP contribution in [0.2, 0.25) is 0 Å². The van der Waals surface area contributed by atoms with Crippen molar-refractivity contribution in [2.75, 3.05) is 20.2 Å². The summed E-state index contributed by atoms with van der Waals surface area (Å²) in [6.07, 6.45) is 3.09. The summed E-state index contributed by atoms with van der Waals surface area (Å²) in [5, 5.41) is 4.63. The van der Waals surface area contributed by atoms with Gasteiger partial charge in [0.15, 0.2) is 0 Å². The van der Waals surface area contributed by atoms with Crippen molar-refractivity contribution in [2.24, 2.45) is 5.92 Å². The summed E-state index contributed by atoms with van der Waals surface area (Å²) in [5.74, 6) is 0.581. The van der Waals surface area contributed by atoms with Crippen molar-refractivity contribution in [1.82, 2.24) is 14.7 Å². The molecule has 1 aromatic carbocycles. The van der Waals surface area contributed by atoms with E-state index in [2.05, 4.69) is 12.0 Å². The van der Waals surface area contributed by atoms with Gasteiger partial charge in [0.25, 0.3) is 5.91 Å². The second kappa shape index (κ2) is 8.59. The summed E-state index contributed by atoms with van der Waals surface area (Å²) in [6, 6.07) is 7.62. The van der Waals surface area contributed by atoms with Crippen LogP contribution in [0.3, 0.4) is 0 Å². The first-order valence-corrected chi connectivity index (χ1v) is 9.92. The number of amides is 1. The topological polar surface area (TPSA) is 64.4 Å². The molecule has 1 aliphatic rings. The van der Waals surface area contributed by atoms with E-state index in [4.69, 9.17) is 4.74 Å². The molecular formula is C22H29N3O3. The Balaban J connectivity index is 1.74. The van der Waals surface area contributed by atoms with Crippen molar-refractivity contribution in [3.05, 3.63) is 46.8 Å². The number of aromatic nitrogens is 2. The Morgan fingerprint density at radius 1 is 1.14 bits per heavy atom. The van der Waals surface area contributed by atoms with Gasteiger partial charge in [-0.1, -0.05) is 6.92 Å². The standard InChI is InChI=1S/C22H29N3O3/c1-15-11-13-24(14-12-15)22(27)18-5-7-19(8-6-18)25-17(3)20(16(2)23-25)9-10-21(26)28-4/h5-8,15H,9-14H2,1-4H3. The molecule has 6 heteroatoms. The van der Waals surface area contributed by atoms with Crippen LogP contribution in [-0.4, -0.2) is 46.8 Å². The summed E-state index contributed by atoms with van der Waals surface area (Å²) in [5.41, 5.74) is 4.60. The molecule has 0 unspecified atom stereocenters. The van der Waals surface area contributed by atoms with E-state index in [-0.39, 0.29) is 11.9 Å². The van der Waals surface area contributed by atoms with Gasteiger partial charge >= 0.3 is 5.97 Å². The molecule has 150 valence electrons. The summed E-state index contributed by atoms with van der Waals surface area (Å²) >= 11 is 0. The van der Waals surface area contributed by atoms with Gasteiger partial charge in [0.05, 0.1) is 18.5 Å². The molecule has 1 fully saturated rings. The number of hydrogen-bond acceptors (Lipinski definition) is 4. The third kappa shape index (κ3) is 4.26. The van der Waals surface area contributed by atoms with E-state index in [1.807, 2.05) is 47.7 Å². The molecule has 6 nitrogen and oxygen atoms in total. The minimum Gasteiger partial charge on any atom is -0.469 e. The number of ether oxygens (including phenoxy) is 1. The van der Waals surface area contributed by atoms with E-state index in [9.17, 15) is 9.59 Å². The fourth-order valence-corrected chi connectivity index (χ4v) is 3.76. The highest BCUT2D eigenvalue weighted by Crippen LogP contribution is 2.22. The van der Waals surface area contributed by atoms with E-state index >= 15 is 0 Å². The molecule has 0 radical (unpaired) electrons. The van der Waals surface area contributed by atoms with E-state index < -0.39 is 0 Å². The van der Waals surface area contributed by atoms with Gasteiger partial charge in [0.1, 0.15) is 0 Å². The molecule has 2 aromatic rings. The van der Waals surface area contributed by atoms with Gasteiger partial charge in [-0.2, -0.15) is 5.10 Å². The van der Waals surface area contributed by atoms with Gasteiger partial charge in [-0.15, -0.1) is 0 Å². The second-order valence-corrected chi connectivity index (χ2v) is 7.66. The SMILES string of the molecule is COC(=O)CCc1c(C)nn(-c2ccc(C(=O)N3CCC(C)CC3)cc2)c1C. The maximum atomic E-state index is 12.7. The first-order valence-electron chi connectivity index (χ1n) is 9.92. The van der Waals surface area contributed by atoms with Gasteiger partial charge < -0.3 is 9.64 Å². The van der Waals surface area contributed by atoms with Crippen LogP contribution in [-0.2, 0) is 16.0 Å². The first-order chi connectivity index (χ1) is 13.4. The molecule has 28 heavy (non-hydrogen) atoms. The van der Waals surface area contributed by atoms with Crippen LogP contribution in [0, 0.1) is 19.8 Å². The van der Waals surface area contributed by atoms with Gasteiger partial charge in [0.2, 0.25) is 0 Å². The van der Waals surface area contributed by atoms with E-state index in [1.165, 1.54) is 7.11 Å². The quantitative estimate of drug-likeness (QED) is 0.742. The summed E-state index contributed by atoms with van der Waals surface area (Å²) in [6.45, 7) is 7.86. The predicted molar refractivity (Wildman–Crippen MR) is 108 cm³/mol. The lowest BCUT2D eigenvalue weighted by atomic mass is 9.98. The summed E-state index contributed by atoms with van der Waals surface area (Å²) in [7, 11) is 1.40. The molecule has 0 aliphatic carbocycles. The van der Waals surface area contributed by atoms with E-state index in [1.54, 1.807) is 0 Å². The fourth-order valence-electron chi connectivity index (χ4n) is 3.76. The summed E-state index contributed by atoms with van der Waals surface area (Å²) < 4.78 is 6.61. The lowest BCUT2D eigenvalue weighted by Gasteiger charge is -2.30. The normalized spacial score (nSPS) is 14.9. The molecule has 0 saturated carbocycles. The Morgan fingerprint density at radius 3 is 2.39 bits per heavy atom. The van der Waals surface area contributed by atoms with Crippen LogP contribution in [0.4, 0.5) is 0 Å². The van der Waals surface area contributed by atoms with Crippen molar-refractivity contribution >= 4 is 11.9 Å². The van der Waals surface area contributed by atoms with Crippen molar-refractivity contribution in [3.63, 3.8) is 0 Å². The Morgan fingerprint density at radius 2 is 1.79 bits per heavy atom. The second-order valence-electron chi connectivity index (χ2n) is 7.66. The van der Waals surface area contributed by atoms with Crippen LogP contribution in [0.5, 0.6) is 0 Å². The van der Waals surface area contributed by atoms with Crippen molar-refractivity contribution in [3.8, 4) is 5.69 Å². The monoisotopic (exact) mass is 383 g/mol. The Kier molecular flexibility index (Phi) is 6.17. The third-order valence-electron chi connectivity index (χ3n) is 5.68.